The first-order chi connectivity index (χ1) is 12.6. The van der Waals surface area contributed by atoms with Crippen molar-refractivity contribution < 1.29 is 4.79 Å². The van der Waals surface area contributed by atoms with E-state index in [1.165, 1.54) is 28.0 Å². The van der Waals surface area contributed by atoms with Gasteiger partial charge in [0, 0.05) is 22.9 Å². The number of anilines is 1. The van der Waals surface area contributed by atoms with Gasteiger partial charge in [-0.15, -0.1) is 32.9 Å². The quantitative estimate of drug-likeness (QED) is 0.599. The van der Waals surface area contributed by atoms with Gasteiger partial charge in [-0.1, -0.05) is 25.1 Å². The number of hydrogen-bond acceptors (Lipinski definition) is 7. The largest absolute Gasteiger partial charge is 0.316 e. The smallest absolute Gasteiger partial charge is 0.235 e. The maximum Gasteiger partial charge on any atom is 0.235 e. The Morgan fingerprint density at radius 3 is 3.04 bits per heavy atom. The number of carbonyl (C=O) groups is 1. The van der Waals surface area contributed by atoms with Gasteiger partial charge in [0.2, 0.25) is 5.91 Å². The normalized spacial score (nSPS) is 10.7. The SMILES string of the molecule is CCCc1cc(-c2nnc(SCC(=O)Nc3sccc3C#N)n2C)cs1. The molecule has 0 aromatic carbocycles. The van der Waals surface area contributed by atoms with Gasteiger partial charge < -0.3 is 9.88 Å². The highest BCUT2D eigenvalue weighted by Crippen LogP contribution is 2.28. The number of thiophene rings is 2. The molecule has 0 atom stereocenters. The summed E-state index contributed by atoms with van der Waals surface area (Å²) in [6, 6.07) is 5.90. The van der Waals surface area contributed by atoms with E-state index in [4.69, 9.17) is 5.26 Å². The van der Waals surface area contributed by atoms with Gasteiger partial charge in [0.1, 0.15) is 11.1 Å². The Labute approximate surface area is 163 Å². The van der Waals surface area contributed by atoms with Gasteiger partial charge in [-0.05, 0) is 23.9 Å². The van der Waals surface area contributed by atoms with Crippen LogP contribution in [0.15, 0.2) is 28.0 Å². The van der Waals surface area contributed by atoms with Crippen molar-refractivity contribution >= 4 is 45.3 Å². The van der Waals surface area contributed by atoms with E-state index in [1.807, 2.05) is 11.6 Å². The molecule has 1 amide bonds. The standard InChI is InChI=1S/C17H17N5OS3/c1-3-4-13-7-12(9-25-13)15-20-21-17(22(15)2)26-10-14(23)19-16-11(8-18)5-6-24-16/h5-7,9H,3-4,10H2,1-2H3,(H,19,23). The Kier molecular flexibility index (Phi) is 6.08. The van der Waals surface area contributed by atoms with Gasteiger partial charge in [-0.25, -0.2) is 0 Å². The first-order valence-electron chi connectivity index (χ1n) is 7.99. The zero-order valence-electron chi connectivity index (χ0n) is 14.4. The predicted octanol–water partition coefficient (Wildman–Crippen LogP) is 4.16. The second-order valence-electron chi connectivity index (χ2n) is 5.53. The Morgan fingerprint density at radius 2 is 2.27 bits per heavy atom. The summed E-state index contributed by atoms with van der Waals surface area (Å²) in [6.07, 6.45) is 2.18. The van der Waals surface area contributed by atoms with Crippen molar-refractivity contribution in [3.8, 4) is 17.5 Å². The molecule has 3 aromatic heterocycles. The number of amides is 1. The van der Waals surface area contributed by atoms with E-state index in [0.717, 1.165) is 24.2 Å². The predicted molar refractivity (Wildman–Crippen MR) is 107 cm³/mol. The van der Waals surface area contributed by atoms with Crippen molar-refractivity contribution in [3.05, 3.63) is 33.3 Å². The van der Waals surface area contributed by atoms with Crippen LogP contribution < -0.4 is 5.32 Å². The van der Waals surface area contributed by atoms with Crippen molar-refractivity contribution in [2.24, 2.45) is 7.05 Å². The number of aromatic nitrogens is 3. The molecule has 0 aliphatic heterocycles. The van der Waals surface area contributed by atoms with Crippen LogP contribution in [0.2, 0.25) is 0 Å². The van der Waals surface area contributed by atoms with Crippen LogP contribution in [0.1, 0.15) is 23.8 Å². The van der Waals surface area contributed by atoms with Gasteiger partial charge >= 0.3 is 0 Å². The van der Waals surface area contributed by atoms with E-state index in [0.29, 0.717) is 15.7 Å². The fraction of sp³-hybridized carbons (Fsp3) is 0.294. The molecule has 0 saturated carbocycles. The Morgan fingerprint density at radius 1 is 1.42 bits per heavy atom. The van der Waals surface area contributed by atoms with Gasteiger partial charge in [0.15, 0.2) is 11.0 Å². The summed E-state index contributed by atoms with van der Waals surface area (Å²) in [5.74, 6) is 0.843. The number of nitrogens with one attached hydrogen (secondary N) is 1. The number of nitriles is 1. The molecule has 0 bridgehead atoms. The summed E-state index contributed by atoms with van der Waals surface area (Å²) in [5, 5.41) is 25.4. The fourth-order valence-electron chi connectivity index (χ4n) is 2.35. The van der Waals surface area contributed by atoms with Crippen LogP contribution in [0.25, 0.3) is 11.4 Å². The van der Waals surface area contributed by atoms with Crippen molar-refractivity contribution in [3.63, 3.8) is 0 Å². The number of thioether (sulfide) groups is 1. The average Bonchev–Trinajstić information content (AvgIpc) is 3.34. The highest BCUT2D eigenvalue weighted by molar-refractivity contribution is 7.99. The first kappa shape index (κ1) is 18.6. The molecule has 1 N–H and O–H groups in total. The minimum absolute atomic E-state index is 0.167. The molecule has 0 spiro atoms. The molecule has 0 fully saturated rings. The molecule has 0 unspecified atom stereocenters. The molecule has 0 radical (unpaired) electrons. The molecule has 0 saturated heterocycles. The van der Waals surface area contributed by atoms with E-state index in [-0.39, 0.29) is 11.7 Å². The molecule has 0 aliphatic rings. The molecule has 6 nitrogen and oxygen atoms in total. The average molecular weight is 404 g/mol. The highest BCUT2D eigenvalue weighted by Gasteiger charge is 2.15. The fourth-order valence-corrected chi connectivity index (χ4v) is 4.79. The van der Waals surface area contributed by atoms with Crippen LogP contribution in [0.3, 0.4) is 0 Å². The van der Waals surface area contributed by atoms with Crippen molar-refractivity contribution in [2.45, 2.75) is 24.9 Å². The lowest BCUT2D eigenvalue weighted by Crippen LogP contribution is -2.14. The Bertz CT molecular complexity index is 950. The maximum absolute atomic E-state index is 12.1. The van der Waals surface area contributed by atoms with Crippen LogP contribution in [-0.4, -0.2) is 26.4 Å². The number of hydrogen-bond donors (Lipinski definition) is 1. The van der Waals surface area contributed by atoms with E-state index in [1.54, 1.807) is 22.8 Å². The molecule has 9 heteroatoms. The van der Waals surface area contributed by atoms with Crippen molar-refractivity contribution in [1.82, 2.24) is 14.8 Å². The second kappa shape index (κ2) is 8.49. The van der Waals surface area contributed by atoms with Crippen LogP contribution in [0.4, 0.5) is 5.00 Å². The molecule has 3 rings (SSSR count). The van der Waals surface area contributed by atoms with Crippen LogP contribution in [0, 0.1) is 11.3 Å². The second-order valence-corrected chi connectivity index (χ2v) is 8.38. The summed E-state index contributed by atoms with van der Waals surface area (Å²) in [4.78, 5) is 13.5. The monoisotopic (exact) mass is 403 g/mol. The number of carbonyl (C=O) groups excluding carboxylic acids is 1. The van der Waals surface area contributed by atoms with Crippen molar-refractivity contribution in [1.29, 1.82) is 5.26 Å². The minimum atomic E-state index is -0.167. The summed E-state index contributed by atoms with van der Waals surface area (Å²) < 4.78 is 1.90. The third kappa shape index (κ3) is 4.15. The summed E-state index contributed by atoms with van der Waals surface area (Å²) in [5.41, 5.74) is 1.54. The van der Waals surface area contributed by atoms with Crippen LogP contribution in [-0.2, 0) is 18.3 Å². The number of rotatable bonds is 7. The Balaban J connectivity index is 1.63. The summed E-state index contributed by atoms with van der Waals surface area (Å²) in [7, 11) is 1.90. The third-order valence-corrected chi connectivity index (χ3v) is 6.46. The molecule has 3 aromatic rings. The van der Waals surface area contributed by atoms with Crippen molar-refractivity contribution in [2.75, 3.05) is 11.1 Å². The van der Waals surface area contributed by atoms with Crippen LogP contribution in [0.5, 0.6) is 0 Å². The zero-order chi connectivity index (χ0) is 18.5. The number of nitrogens with zero attached hydrogens (tertiary/aromatic N) is 4. The molecule has 3 heterocycles. The minimum Gasteiger partial charge on any atom is -0.316 e. The van der Waals surface area contributed by atoms with Gasteiger partial charge in [-0.3, -0.25) is 4.79 Å². The van der Waals surface area contributed by atoms with Gasteiger partial charge in [0.05, 0.1) is 11.3 Å². The van der Waals surface area contributed by atoms with E-state index < -0.39 is 0 Å². The topological polar surface area (TPSA) is 83.6 Å². The lowest BCUT2D eigenvalue weighted by Gasteiger charge is -2.04. The molecule has 26 heavy (non-hydrogen) atoms. The maximum atomic E-state index is 12.1. The molecular formula is C17H17N5OS3. The lowest BCUT2D eigenvalue weighted by atomic mass is 10.2. The molecule has 0 aliphatic carbocycles. The molecule has 134 valence electrons. The summed E-state index contributed by atoms with van der Waals surface area (Å²) in [6.45, 7) is 2.16. The first-order valence-corrected chi connectivity index (χ1v) is 10.7. The van der Waals surface area contributed by atoms with Gasteiger partial charge in [-0.2, -0.15) is 5.26 Å². The van der Waals surface area contributed by atoms with E-state index in [9.17, 15) is 4.79 Å². The van der Waals surface area contributed by atoms with E-state index >= 15 is 0 Å². The zero-order valence-corrected chi connectivity index (χ0v) is 16.8. The highest BCUT2D eigenvalue weighted by atomic mass is 32.2. The third-order valence-electron chi connectivity index (χ3n) is 3.61. The Hall–Kier alpha value is -2.15. The van der Waals surface area contributed by atoms with Gasteiger partial charge in [0.25, 0.3) is 0 Å². The van der Waals surface area contributed by atoms with E-state index in [2.05, 4.69) is 40.0 Å². The molecular weight excluding hydrogens is 386 g/mol. The summed E-state index contributed by atoms with van der Waals surface area (Å²) >= 11 is 4.40. The van der Waals surface area contributed by atoms with Crippen LogP contribution >= 0.6 is 34.4 Å². The lowest BCUT2D eigenvalue weighted by molar-refractivity contribution is -0.113. The number of aryl methyl sites for hydroxylation is 1.